The molecule has 0 heterocycles. The highest BCUT2D eigenvalue weighted by Crippen LogP contribution is 2.07. The molecule has 0 atom stereocenters. The van der Waals surface area contributed by atoms with Crippen LogP contribution in [0.2, 0.25) is 0 Å². The van der Waals surface area contributed by atoms with Gasteiger partial charge < -0.3 is 33.6 Å². The summed E-state index contributed by atoms with van der Waals surface area (Å²) in [5.41, 5.74) is 21.3. The third kappa shape index (κ3) is 30.5. The Kier molecular flexibility index (Phi) is 26.4. The first-order chi connectivity index (χ1) is 16.6. The third-order valence-corrected chi connectivity index (χ3v) is 6.07. The summed E-state index contributed by atoms with van der Waals surface area (Å²) in [7, 11) is 0. The molecule has 0 aromatic heterocycles. The molecule has 0 spiro atoms. The molecule has 0 aliphatic heterocycles. The van der Waals surface area contributed by atoms with E-state index in [2.05, 4.69) is 20.6 Å². The smallest absolute Gasteiger partial charge is 0.185 e. The lowest BCUT2D eigenvalue weighted by Crippen LogP contribution is -2.22. The number of rotatable bonds is 27. The van der Waals surface area contributed by atoms with Crippen LogP contribution in [0, 0.1) is 0 Å². The van der Waals surface area contributed by atoms with Crippen LogP contribution in [-0.4, -0.2) is 51.2 Å². The molecule has 0 amide bonds. The van der Waals surface area contributed by atoms with Gasteiger partial charge in [-0.3, -0.25) is 9.98 Å². The zero-order chi connectivity index (χ0) is 25.0. The topological polar surface area (TPSA) is 153 Å². The van der Waals surface area contributed by atoms with Gasteiger partial charge in [0.2, 0.25) is 0 Å². The van der Waals surface area contributed by atoms with Crippen LogP contribution in [0.15, 0.2) is 9.98 Å². The van der Waals surface area contributed by atoms with Gasteiger partial charge in [0.05, 0.1) is 0 Å². The molecular weight excluding hydrogens is 424 g/mol. The summed E-state index contributed by atoms with van der Waals surface area (Å²) in [6.07, 6.45) is 23.2. The Morgan fingerprint density at radius 1 is 0.353 bits per heavy atom. The first kappa shape index (κ1) is 32.5. The fourth-order valence-electron chi connectivity index (χ4n) is 4.01. The Bertz CT molecular complexity index is 418. The molecule has 0 unspecified atom stereocenters. The predicted octanol–water partition coefficient (Wildman–Crippen LogP) is 3.73. The number of unbranched alkanes of at least 4 members (excludes halogenated alkanes) is 15. The van der Waals surface area contributed by atoms with Crippen LogP contribution in [0.1, 0.15) is 116 Å². The van der Waals surface area contributed by atoms with Crippen LogP contribution < -0.4 is 33.6 Å². The van der Waals surface area contributed by atoms with Crippen molar-refractivity contribution in [1.29, 1.82) is 0 Å². The van der Waals surface area contributed by atoms with E-state index in [0.717, 1.165) is 25.9 Å². The number of nitrogens with two attached hydrogens (primary N) is 4. The van der Waals surface area contributed by atoms with Gasteiger partial charge in [-0.25, -0.2) is 0 Å². The Hall–Kier alpha value is -1.54. The molecule has 8 nitrogen and oxygen atoms in total. The van der Waals surface area contributed by atoms with Crippen molar-refractivity contribution >= 4 is 11.9 Å². The maximum absolute atomic E-state index is 5.31. The highest BCUT2D eigenvalue weighted by atomic mass is 15.0. The van der Waals surface area contributed by atoms with Gasteiger partial charge in [-0.15, -0.1) is 0 Å². The van der Waals surface area contributed by atoms with E-state index in [1.54, 1.807) is 0 Å². The molecule has 0 rings (SSSR count). The van der Waals surface area contributed by atoms with E-state index in [1.165, 1.54) is 129 Å². The van der Waals surface area contributed by atoms with E-state index in [4.69, 9.17) is 22.9 Å². The molecule has 0 saturated heterocycles. The maximum Gasteiger partial charge on any atom is 0.185 e. The molecule has 0 radical (unpaired) electrons. The van der Waals surface area contributed by atoms with E-state index in [-0.39, 0.29) is 11.9 Å². The number of aliphatic imine (C=N–C) groups is 2. The van der Waals surface area contributed by atoms with E-state index >= 15 is 0 Å². The first-order valence-electron chi connectivity index (χ1n) is 14.1. The zero-order valence-electron chi connectivity index (χ0n) is 22.2. The average molecular weight is 483 g/mol. The summed E-state index contributed by atoms with van der Waals surface area (Å²) < 4.78 is 0. The predicted molar refractivity (Wildman–Crippen MR) is 150 cm³/mol. The Labute approximate surface area is 210 Å². The lowest BCUT2D eigenvalue weighted by molar-refractivity contribution is 0.527. The summed E-state index contributed by atoms with van der Waals surface area (Å²) in [6, 6.07) is 0. The van der Waals surface area contributed by atoms with Crippen LogP contribution in [0.25, 0.3) is 0 Å². The summed E-state index contributed by atoms with van der Waals surface area (Å²) in [5.74, 6) is 0.419. The van der Waals surface area contributed by atoms with Gasteiger partial charge in [0.1, 0.15) is 0 Å². The third-order valence-electron chi connectivity index (χ3n) is 6.07. The van der Waals surface area contributed by atoms with E-state index in [0.29, 0.717) is 0 Å². The molecule has 0 aliphatic rings. The number of hydrogen-bond acceptors (Lipinski definition) is 4. The lowest BCUT2D eigenvalue weighted by atomic mass is 10.1. The number of nitrogens with one attached hydrogen (secondary N) is 2. The van der Waals surface area contributed by atoms with Crippen molar-refractivity contribution in [3.63, 3.8) is 0 Å². The van der Waals surface area contributed by atoms with Crippen LogP contribution in [0.5, 0.6) is 0 Å². The van der Waals surface area contributed by atoms with Crippen molar-refractivity contribution in [3.05, 3.63) is 0 Å². The van der Waals surface area contributed by atoms with Crippen LogP contribution in [-0.2, 0) is 0 Å². The van der Waals surface area contributed by atoms with Crippen molar-refractivity contribution < 1.29 is 0 Å². The van der Waals surface area contributed by atoms with Gasteiger partial charge in [-0.1, -0.05) is 77.0 Å². The molecule has 0 fully saturated rings. The minimum absolute atomic E-state index is 0.209. The van der Waals surface area contributed by atoms with Gasteiger partial charge in [0, 0.05) is 13.1 Å². The molecule has 0 aliphatic carbocycles. The second kappa shape index (κ2) is 27.7. The SMILES string of the molecule is NC(N)=NCCCCCCCCNCCCCCCCCNCCCCCCCCN=C(N)N. The minimum Gasteiger partial charge on any atom is -0.370 e. The Morgan fingerprint density at radius 2 is 0.588 bits per heavy atom. The number of guanidine groups is 2. The number of hydrogen-bond donors (Lipinski definition) is 6. The molecule has 10 N–H and O–H groups in total. The molecular formula is C26H58N8. The highest BCUT2D eigenvalue weighted by molar-refractivity contribution is 5.75. The standard InChI is InChI=1S/C26H58N8/c27-25(28)33-23-17-11-5-3-9-15-21-31-19-13-7-1-2-8-14-20-32-22-16-10-4-6-12-18-24-34-26(29)30/h31-32H,1-24H2,(H4,27,28,33)(H4,29,30,34). The van der Waals surface area contributed by atoms with Gasteiger partial charge in [0.25, 0.3) is 0 Å². The van der Waals surface area contributed by atoms with Crippen molar-refractivity contribution in [2.24, 2.45) is 32.9 Å². The van der Waals surface area contributed by atoms with Crippen molar-refractivity contribution in [3.8, 4) is 0 Å². The first-order valence-corrected chi connectivity index (χ1v) is 14.1. The van der Waals surface area contributed by atoms with Crippen molar-refractivity contribution in [2.45, 2.75) is 116 Å². The Balaban J connectivity index is 3.05. The van der Waals surface area contributed by atoms with Crippen LogP contribution >= 0.6 is 0 Å². The molecule has 202 valence electrons. The van der Waals surface area contributed by atoms with Gasteiger partial charge in [-0.2, -0.15) is 0 Å². The van der Waals surface area contributed by atoms with E-state index < -0.39 is 0 Å². The number of nitrogens with zero attached hydrogens (tertiary/aromatic N) is 2. The largest absolute Gasteiger partial charge is 0.370 e. The summed E-state index contributed by atoms with van der Waals surface area (Å²) in [6.45, 7) is 6.23. The molecule has 0 aromatic carbocycles. The van der Waals surface area contributed by atoms with Crippen LogP contribution in [0.4, 0.5) is 0 Å². The summed E-state index contributed by atoms with van der Waals surface area (Å²) in [5, 5.41) is 7.19. The molecule has 0 bridgehead atoms. The van der Waals surface area contributed by atoms with Crippen molar-refractivity contribution in [1.82, 2.24) is 10.6 Å². The summed E-state index contributed by atoms with van der Waals surface area (Å²) in [4.78, 5) is 8.02. The zero-order valence-corrected chi connectivity index (χ0v) is 22.2. The molecule has 34 heavy (non-hydrogen) atoms. The quantitative estimate of drug-likeness (QED) is 0.0596. The van der Waals surface area contributed by atoms with Gasteiger partial charge in [-0.05, 0) is 64.7 Å². The molecule has 8 heteroatoms. The monoisotopic (exact) mass is 482 g/mol. The fraction of sp³-hybridized carbons (Fsp3) is 0.923. The van der Waals surface area contributed by atoms with Crippen molar-refractivity contribution in [2.75, 3.05) is 39.3 Å². The summed E-state index contributed by atoms with van der Waals surface area (Å²) >= 11 is 0. The van der Waals surface area contributed by atoms with Gasteiger partial charge >= 0.3 is 0 Å². The van der Waals surface area contributed by atoms with E-state index in [1.807, 2.05) is 0 Å². The molecule has 0 aromatic rings. The fourth-order valence-corrected chi connectivity index (χ4v) is 4.01. The molecule has 0 saturated carbocycles. The van der Waals surface area contributed by atoms with Crippen LogP contribution in [0.3, 0.4) is 0 Å². The lowest BCUT2D eigenvalue weighted by Gasteiger charge is -2.06. The second-order valence-electron chi connectivity index (χ2n) is 9.48. The normalized spacial score (nSPS) is 10.9. The minimum atomic E-state index is 0.209. The Morgan fingerprint density at radius 3 is 0.853 bits per heavy atom. The maximum atomic E-state index is 5.31. The highest BCUT2D eigenvalue weighted by Gasteiger charge is 1.95. The van der Waals surface area contributed by atoms with Gasteiger partial charge in [0.15, 0.2) is 11.9 Å². The van der Waals surface area contributed by atoms with E-state index in [9.17, 15) is 0 Å². The second-order valence-corrected chi connectivity index (χ2v) is 9.48. The average Bonchev–Trinajstić information content (AvgIpc) is 2.80.